The molecule has 0 unspecified atom stereocenters. The number of hydrogen-bond donors (Lipinski definition) is 2. The molecule has 2 aromatic carbocycles. The van der Waals surface area contributed by atoms with Crippen molar-refractivity contribution in [3.8, 4) is 0 Å². The quantitative estimate of drug-likeness (QED) is 0.763. The van der Waals surface area contributed by atoms with E-state index in [1.54, 1.807) is 9.80 Å². The van der Waals surface area contributed by atoms with Gasteiger partial charge in [0.25, 0.3) is 0 Å². The molecule has 1 atom stereocenters. The Labute approximate surface area is 166 Å². The van der Waals surface area contributed by atoms with Crippen molar-refractivity contribution >= 4 is 23.4 Å². The van der Waals surface area contributed by atoms with Crippen LogP contribution in [0.25, 0.3) is 0 Å². The molecular weight excluding hydrogens is 360 g/mol. The van der Waals surface area contributed by atoms with E-state index in [1.165, 1.54) is 47.1 Å². The van der Waals surface area contributed by atoms with Gasteiger partial charge < -0.3 is 9.80 Å². The number of fused-ring (bicyclic) bond motifs is 2. The van der Waals surface area contributed by atoms with Gasteiger partial charge in [0.2, 0.25) is 0 Å². The van der Waals surface area contributed by atoms with Crippen molar-refractivity contribution in [2.75, 3.05) is 26.2 Å². The summed E-state index contributed by atoms with van der Waals surface area (Å²) in [6.45, 7) is 12.1. The predicted molar refractivity (Wildman–Crippen MR) is 110 cm³/mol. The SMILES string of the molecule is CC(C)(C)[NH+]1CC[NH+]([C@@H]2Cc3ccccc3Sc3ccc(Cl)cc32)CC1. The van der Waals surface area contributed by atoms with Gasteiger partial charge in [-0.25, -0.2) is 0 Å². The minimum Gasteiger partial charge on any atom is -0.321 e. The fraction of sp³-hybridized carbons (Fsp3) is 0.455. The third-order valence-corrected chi connectivity index (χ3v) is 7.46. The third kappa shape index (κ3) is 3.68. The van der Waals surface area contributed by atoms with Crippen LogP contribution in [-0.2, 0) is 6.42 Å². The first-order valence-electron chi connectivity index (χ1n) is 9.67. The maximum absolute atomic E-state index is 6.41. The molecule has 2 aliphatic heterocycles. The van der Waals surface area contributed by atoms with Crippen molar-refractivity contribution in [3.63, 3.8) is 0 Å². The van der Waals surface area contributed by atoms with Crippen molar-refractivity contribution in [3.05, 3.63) is 58.6 Å². The molecule has 0 aromatic heterocycles. The summed E-state index contributed by atoms with van der Waals surface area (Å²) >= 11 is 8.31. The number of nitrogens with one attached hydrogen (secondary N) is 2. The molecule has 0 aliphatic carbocycles. The number of quaternary nitrogens is 2. The summed E-state index contributed by atoms with van der Waals surface area (Å²) in [6, 6.07) is 15.9. The van der Waals surface area contributed by atoms with Crippen LogP contribution in [0.3, 0.4) is 0 Å². The Morgan fingerprint density at radius 2 is 1.69 bits per heavy atom. The lowest BCUT2D eigenvalue weighted by atomic mass is 9.96. The molecule has 4 heteroatoms. The number of benzene rings is 2. The maximum atomic E-state index is 6.41. The molecule has 0 radical (unpaired) electrons. The fourth-order valence-electron chi connectivity index (χ4n) is 4.44. The predicted octanol–water partition coefficient (Wildman–Crippen LogP) is 2.67. The first-order chi connectivity index (χ1) is 12.4. The lowest BCUT2D eigenvalue weighted by molar-refractivity contribution is -1.05. The average Bonchev–Trinajstić information content (AvgIpc) is 2.77. The van der Waals surface area contributed by atoms with E-state index in [0.717, 1.165) is 11.4 Å². The van der Waals surface area contributed by atoms with Crippen molar-refractivity contribution < 1.29 is 9.80 Å². The van der Waals surface area contributed by atoms with Crippen LogP contribution in [0.4, 0.5) is 0 Å². The highest BCUT2D eigenvalue weighted by Crippen LogP contribution is 2.40. The van der Waals surface area contributed by atoms with E-state index in [2.05, 4.69) is 57.2 Å². The van der Waals surface area contributed by atoms with Gasteiger partial charge in [-0.05, 0) is 50.6 Å². The summed E-state index contributed by atoms with van der Waals surface area (Å²) in [5.74, 6) is 0. The van der Waals surface area contributed by atoms with E-state index in [0.29, 0.717) is 11.6 Å². The van der Waals surface area contributed by atoms with Gasteiger partial charge in [-0.15, -0.1) is 0 Å². The summed E-state index contributed by atoms with van der Waals surface area (Å²) in [5, 5.41) is 0.860. The molecule has 0 amide bonds. The van der Waals surface area contributed by atoms with Crippen LogP contribution < -0.4 is 9.80 Å². The number of hydrogen-bond acceptors (Lipinski definition) is 1. The highest BCUT2D eigenvalue weighted by atomic mass is 35.5. The summed E-state index contributed by atoms with van der Waals surface area (Å²) in [7, 11) is 0. The zero-order chi connectivity index (χ0) is 18.3. The van der Waals surface area contributed by atoms with Gasteiger partial charge in [0, 0.05) is 26.8 Å². The average molecular weight is 389 g/mol. The van der Waals surface area contributed by atoms with Crippen LogP contribution in [0.5, 0.6) is 0 Å². The van der Waals surface area contributed by atoms with Gasteiger partial charge in [0.05, 0.1) is 5.54 Å². The molecule has 2 aromatic rings. The van der Waals surface area contributed by atoms with Crippen LogP contribution in [0, 0.1) is 0 Å². The molecule has 0 saturated carbocycles. The lowest BCUT2D eigenvalue weighted by Gasteiger charge is -2.40. The molecular formula is C22H29ClN2S+2. The van der Waals surface area contributed by atoms with E-state index >= 15 is 0 Å². The Hall–Kier alpha value is -1.00. The standard InChI is InChI=1S/C22H27ClN2S/c1-22(2,3)25-12-10-24(11-13-25)19-14-16-6-4-5-7-20(16)26-21-9-8-17(23)15-18(19)21/h4-9,15,19H,10-14H2,1-3H3/p+2/t19-/m1/s1. The van der Waals surface area contributed by atoms with Gasteiger partial charge in [-0.2, -0.15) is 0 Å². The molecule has 2 nitrogen and oxygen atoms in total. The van der Waals surface area contributed by atoms with E-state index in [1.807, 2.05) is 17.8 Å². The largest absolute Gasteiger partial charge is 0.321 e. The zero-order valence-electron chi connectivity index (χ0n) is 15.9. The van der Waals surface area contributed by atoms with Crippen LogP contribution in [0.1, 0.15) is 37.9 Å². The Morgan fingerprint density at radius 1 is 0.962 bits per heavy atom. The topological polar surface area (TPSA) is 8.88 Å². The maximum Gasteiger partial charge on any atom is 0.128 e. The van der Waals surface area contributed by atoms with Crippen molar-refractivity contribution in [2.24, 2.45) is 0 Å². The van der Waals surface area contributed by atoms with Crippen molar-refractivity contribution in [1.82, 2.24) is 0 Å². The van der Waals surface area contributed by atoms with Crippen LogP contribution >= 0.6 is 23.4 Å². The second-order valence-corrected chi connectivity index (χ2v) is 10.2. The van der Waals surface area contributed by atoms with Crippen LogP contribution in [-0.4, -0.2) is 31.7 Å². The highest BCUT2D eigenvalue weighted by Gasteiger charge is 2.37. The van der Waals surface area contributed by atoms with E-state index in [9.17, 15) is 0 Å². The molecule has 26 heavy (non-hydrogen) atoms. The van der Waals surface area contributed by atoms with Gasteiger partial charge in [0.1, 0.15) is 32.2 Å². The molecule has 138 valence electrons. The van der Waals surface area contributed by atoms with Crippen molar-refractivity contribution in [1.29, 1.82) is 0 Å². The lowest BCUT2D eigenvalue weighted by Crippen LogP contribution is -3.31. The molecule has 0 bridgehead atoms. The summed E-state index contributed by atoms with van der Waals surface area (Å²) < 4.78 is 0. The normalized spacial score (nSPS) is 25.9. The van der Waals surface area contributed by atoms with E-state index in [4.69, 9.17) is 11.6 Å². The smallest absolute Gasteiger partial charge is 0.128 e. The minimum absolute atomic E-state index is 0.346. The molecule has 2 aliphatic rings. The van der Waals surface area contributed by atoms with Gasteiger partial charge in [-0.1, -0.05) is 41.6 Å². The Bertz CT molecular complexity index is 791. The number of rotatable bonds is 1. The second kappa shape index (κ2) is 7.20. The number of piperazine rings is 1. The van der Waals surface area contributed by atoms with Crippen molar-refractivity contribution in [2.45, 2.75) is 48.6 Å². The van der Waals surface area contributed by atoms with E-state index in [-0.39, 0.29) is 0 Å². The third-order valence-electron chi connectivity index (χ3n) is 6.01. The van der Waals surface area contributed by atoms with Gasteiger partial charge in [0.15, 0.2) is 0 Å². The molecule has 4 rings (SSSR count). The van der Waals surface area contributed by atoms with E-state index < -0.39 is 0 Å². The molecule has 1 fully saturated rings. The second-order valence-electron chi connectivity index (χ2n) is 8.66. The van der Waals surface area contributed by atoms with Gasteiger partial charge >= 0.3 is 0 Å². The Kier molecular flexibility index (Phi) is 5.08. The summed E-state index contributed by atoms with van der Waals surface area (Å²) in [4.78, 5) is 6.23. The monoisotopic (exact) mass is 388 g/mol. The first-order valence-corrected chi connectivity index (χ1v) is 10.9. The Morgan fingerprint density at radius 3 is 2.42 bits per heavy atom. The first kappa shape index (κ1) is 18.4. The van der Waals surface area contributed by atoms with Crippen LogP contribution in [0.15, 0.2) is 52.3 Å². The molecule has 1 saturated heterocycles. The fourth-order valence-corrected chi connectivity index (χ4v) is 5.74. The summed E-state index contributed by atoms with van der Waals surface area (Å²) in [6.07, 6.45) is 1.11. The van der Waals surface area contributed by atoms with Gasteiger partial charge in [-0.3, -0.25) is 0 Å². The number of halogens is 1. The molecule has 0 spiro atoms. The summed E-state index contributed by atoms with van der Waals surface area (Å²) in [5.41, 5.74) is 3.26. The highest BCUT2D eigenvalue weighted by molar-refractivity contribution is 7.99. The minimum atomic E-state index is 0.346. The molecule has 2 N–H and O–H groups in total. The molecule has 2 heterocycles. The van der Waals surface area contributed by atoms with Crippen LogP contribution in [0.2, 0.25) is 5.02 Å². The Balaban J connectivity index is 1.66. The zero-order valence-corrected chi connectivity index (χ0v) is 17.5.